The summed E-state index contributed by atoms with van der Waals surface area (Å²) in [4.78, 5) is 27.0. The molecule has 1 aliphatic heterocycles. The number of nitrogens with one attached hydrogen (secondary N) is 1. The Balaban J connectivity index is 1.71. The Bertz CT molecular complexity index is 621. The van der Waals surface area contributed by atoms with E-state index in [2.05, 4.69) is 5.32 Å². The summed E-state index contributed by atoms with van der Waals surface area (Å²) in [6.07, 6.45) is 5.08. The number of benzene rings is 1. The van der Waals surface area contributed by atoms with E-state index in [0.717, 1.165) is 31.7 Å². The molecule has 4 nitrogen and oxygen atoms in total. The molecule has 2 aliphatic rings. The smallest absolute Gasteiger partial charge is 0.240 e. The van der Waals surface area contributed by atoms with Crippen molar-refractivity contribution in [2.24, 2.45) is 5.41 Å². The van der Waals surface area contributed by atoms with Crippen molar-refractivity contribution in [1.82, 2.24) is 4.90 Å². The van der Waals surface area contributed by atoms with Gasteiger partial charge in [0.1, 0.15) is 17.0 Å². The number of anilines is 1. The quantitative estimate of drug-likeness (QED) is 0.870. The Morgan fingerprint density at radius 1 is 1.04 bits per heavy atom. The molecule has 0 bridgehead atoms. The van der Waals surface area contributed by atoms with Gasteiger partial charge in [0.2, 0.25) is 11.8 Å². The normalized spacial score (nSPS) is 19.8. The lowest BCUT2D eigenvalue weighted by Crippen LogP contribution is -2.43. The molecule has 6 heteroatoms. The van der Waals surface area contributed by atoms with Crippen LogP contribution in [-0.2, 0) is 9.59 Å². The van der Waals surface area contributed by atoms with Crippen molar-refractivity contribution in [1.29, 1.82) is 0 Å². The average Bonchev–Trinajstić information content (AvgIpc) is 3.34. The summed E-state index contributed by atoms with van der Waals surface area (Å²) in [5.41, 5.74) is -1.16. The molecule has 1 saturated carbocycles. The van der Waals surface area contributed by atoms with Gasteiger partial charge >= 0.3 is 0 Å². The third-order valence-corrected chi connectivity index (χ3v) is 4.67. The lowest BCUT2D eigenvalue weighted by Gasteiger charge is -2.25. The SMILES string of the molecule is O=C(Nc1ccc(F)cc1F)C1(C(=O)N2CCCCCC2)CC1. The lowest BCUT2D eigenvalue weighted by atomic mass is 10.0. The van der Waals surface area contributed by atoms with Gasteiger partial charge in [-0.05, 0) is 37.8 Å². The summed E-state index contributed by atoms with van der Waals surface area (Å²) in [6.45, 7) is 1.36. The van der Waals surface area contributed by atoms with E-state index in [0.29, 0.717) is 32.0 Å². The number of amides is 2. The molecule has 0 spiro atoms. The first-order chi connectivity index (χ1) is 11.0. The first kappa shape index (κ1) is 15.9. The van der Waals surface area contributed by atoms with Gasteiger partial charge in [-0.3, -0.25) is 9.59 Å². The van der Waals surface area contributed by atoms with E-state index in [1.54, 1.807) is 4.90 Å². The Morgan fingerprint density at radius 3 is 2.26 bits per heavy atom. The molecule has 1 heterocycles. The topological polar surface area (TPSA) is 49.4 Å². The fourth-order valence-electron chi connectivity index (χ4n) is 3.07. The van der Waals surface area contributed by atoms with Gasteiger partial charge in [0.05, 0.1) is 5.69 Å². The van der Waals surface area contributed by atoms with Crippen LogP contribution in [0.1, 0.15) is 38.5 Å². The van der Waals surface area contributed by atoms with Crippen LogP contribution in [0.4, 0.5) is 14.5 Å². The minimum Gasteiger partial charge on any atom is -0.342 e. The van der Waals surface area contributed by atoms with Crippen LogP contribution in [0.25, 0.3) is 0 Å². The maximum absolute atomic E-state index is 13.7. The van der Waals surface area contributed by atoms with Crippen molar-refractivity contribution in [3.63, 3.8) is 0 Å². The third-order valence-electron chi connectivity index (χ3n) is 4.67. The summed E-state index contributed by atoms with van der Waals surface area (Å²) in [6, 6.07) is 2.97. The van der Waals surface area contributed by atoms with Crippen LogP contribution in [0.3, 0.4) is 0 Å². The number of likely N-dealkylation sites (tertiary alicyclic amines) is 1. The van der Waals surface area contributed by atoms with Crippen LogP contribution in [0.2, 0.25) is 0 Å². The van der Waals surface area contributed by atoms with Gasteiger partial charge in [-0.15, -0.1) is 0 Å². The predicted octanol–water partition coefficient (Wildman–Crippen LogP) is 3.09. The molecule has 23 heavy (non-hydrogen) atoms. The predicted molar refractivity (Wildman–Crippen MR) is 81.7 cm³/mol. The molecule has 1 N–H and O–H groups in total. The zero-order chi connectivity index (χ0) is 16.4. The van der Waals surface area contributed by atoms with E-state index in [-0.39, 0.29) is 11.6 Å². The van der Waals surface area contributed by atoms with Crippen molar-refractivity contribution < 1.29 is 18.4 Å². The number of carbonyl (C=O) groups excluding carboxylic acids is 2. The first-order valence-corrected chi connectivity index (χ1v) is 8.09. The molecule has 1 aromatic carbocycles. The summed E-state index contributed by atoms with van der Waals surface area (Å²) < 4.78 is 26.6. The van der Waals surface area contributed by atoms with Gasteiger partial charge in [-0.25, -0.2) is 8.78 Å². The number of nitrogens with zero attached hydrogens (tertiary/aromatic N) is 1. The zero-order valence-electron chi connectivity index (χ0n) is 12.9. The third kappa shape index (κ3) is 3.21. The minimum absolute atomic E-state index is 0.0914. The Labute approximate surface area is 133 Å². The second-order valence-electron chi connectivity index (χ2n) is 6.37. The van der Waals surface area contributed by atoms with E-state index in [1.807, 2.05) is 0 Å². The number of halogens is 2. The summed E-state index contributed by atoms with van der Waals surface area (Å²) in [5, 5.41) is 2.45. The summed E-state index contributed by atoms with van der Waals surface area (Å²) in [7, 11) is 0. The highest BCUT2D eigenvalue weighted by atomic mass is 19.1. The van der Waals surface area contributed by atoms with E-state index in [1.165, 1.54) is 6.07 Å². The monoisotopic (exact) mass is 322 g/mol. The maximum Gasteiger partial charge on any atom is 0.240 e. The molecule has 2 amide bonds. The van der Waals surface area contributed by atoms with E-state index in [4.69, 9.17) is 0 Å². The van der Waals surface area contributed by atoms with Gasteiger partial charge < -0.3 is 10.2 Å². The Kier molecular flexibility index (Phi) is 4.33. The minimum atomic E-state index is -1.06. The number of hydrogen-bond acceptors (Lipinski definition) is 2. The molecule has 1 saturated heterocycles. The molecule has 0 aromatic heterocycles. The molecule has 0 unspecified atom stereocenters. The van der Waals surface area contributed by atoms with Crippen LogP contribution in [0.15, 0.2) is 18.2 Å². The molecule has 0 atom stereocenters. The lowest BCUT2D eigenvalue weighted by molar-refractivity contribution is -0.142. The highest BCUT2D eigenvalue weighted by Crippen LogP contribution is 2.48. The second-order valence-corrected chi connectivity index (χ2v) is 6.37. The van der Waals surface area contributed by atoms with Crippen LogP contribution in [-0.4, -0.2) is 29.8 Å². The van der Waals surface area contributed by atoms with Crippen LogP contribution in [0.5, 0.6) is 0 Å². The standard InChI is InChI=1S/C17H20F2N2O2/c18-12-5-6-14(13(19)11-12)20-15(22)17(7-8-17)16(23)21-9-3-1-2-4-10-21/h5-6,11H,1-4,7-10H2,(H,20,22). The van der Waals surface area contributed by atoms with Crippen molar-refractivity contribution in [2.75, 3.05) is 18.4 Å². The van der Waals surface area contributed by atoms with E-state index in [9.17, 15) is 18.4 Å². The van der Waals surface area contributed by atoms with E-state index >= 15 is 0 Å². The van der Waals surface area contributed by atoms with Gasteiger partial charge in [0.15, 0.2) is 0 Å². The van der Waals surface area contributed by atoms with Crippen molar-refractivity contribution >= 4 is 17.5 Å². The average molecular weight is 322 g/mol. The summed E-state index contributed by atoms with van der Waals surface area (Å²) >= 11 is 0. The highest BCUT2D eigenvalue weighted by molar-refractivity contribution is 6.13. The van der Waals surface area contributed by atoms with Crippen LogP contribution >= 0.6 is 0 Å². The molecular formula is C17H20F2N2O2. The second kappa shape index (κ2) is 6.26. The number of hydrogen-bond donors (Lipinski definition) is 1. The van der Waals surface area contributed by atoms with Crippen molar-refractivity contribution in [3.05, 3.63) is 29.8 Å². The van der Waals surface area contributed by atoms with Crippen LogP contribution < -0.4 is 5.32 Å². The van der Waals surface area contributed by atoms with Gasteiger partial charge in [0.25, 0.3) is 0 Å². The Hall–Kier alpha value is -1.98. The molecule has 124 valence electrons. The highest BCUT2D eigenvalue weighted by Gasteiger charge is 2.58. The number of carbonyl (C=O) groups is 2. The van der Waals surface area contributed by atoms with Crippen molar-refractivity contribution in [3.8, 4) is 0 Å². The van der Waals surface area contributed by atoms with E-state index < -0.39 is 23.0 Å². The fourth-order valence-corrected chi connectivity index (χ4v) is 3.07. The van der Waals surface area contributed by atoms with Crippen molar-refractivity contribution in [2.45, 2.75) is 38.5 Å². The molecule has 0 radical (unpaired) electrons. The number of rotatable bonds is 3. The largest absolute Gasteiger partial charge is 0.342 e. The zero-order valence-corrected chi connectivity index (χ0v) is 12.9. The molecule has 1 aliphatic carbocycles. The maximum atomic E-state index is 13.7. The van der Waals surface area contributed by atoms with Gasteiger partial charge in [-0.2, -0.15) is 0 Å². The molecule has 2 fully saturated rings. The van der Waals surface area contributed by atoms with Crippen LogP contribution in [0, 0.1) is 17.0 Å². The first-order valence-electron chi connectivity index (χ1n) is 8.09. The molecule has 1 aromatic rings. The molecule has 3 rings (SSSR count). The fraction of sp³-hybridized carbons (Fsp3) is 0.529. The Morgan fingerprint density at radius 2 is 1.70 bits per heavy atom. The molecular weight excluding hydrogens is 302 g/mol. The van der Waals surface area contributed by atoms with Gasteiger partial charge in [-0.1, -0.05) is 12.8 Å². The van der Waals surface area contributed by atoms with Gasteiger partial charge in [0, 0.05) is 19.2 Å². The summed E-state index contributed by atoms with van der Waals surface area (Å²) in [5.74, 6) is -2.18.